The first kappa shape index (κ1) is 17.3. The van der Waals surface area contributed by atoms with Crippen molar-refractivity contribution in [1.82, 2.24) is 0 Å². The maximum absolute atomic E-state index is 5.82. The van der Waals surface area contributed by atoms with E-state index in [-0.39, 0.29) is 5.82 Å². The summed E-state index contributed by atoms with van der Waals surface area (Å²) in [6, 6.07) is 7.94. The van der Waals surface area contributed by atoms with E-state index >= 15 is 0 Å². The third-order valence-electron chi connectivity index (χ3n) is 1.92. The fourth-order valence-corrected chi connectivity index (χ4v) is 1.33. The van der Waals surface area contributed by atoms with Crippen LogP contribution in [0.15, 0.2) is 52.8 Å². The number of nitrogens with one attached hydrogen (secondary N) is 1. The second-order valence-electron chi connectivity index (χ2n) is 3.71. The molecule has 0 aliphatic carbocycles. The maximum Gasteiger partial charge on any atom is 0.133 e. The highest BCUT2D eigenvalue weighted by molar-refractivity contribution is 6.31. The first-order valence-corrected chi connectivity index (χ1v) is 6.56. The van der Waals surface area contributed by atoms with Crippen LogP contribution in [-0.4, -0.2) is 5.84 Å². The van der Waals surface area contributed by atoms with Crippen molar-refractivity contribution in [2.24, 2.45) is 10.7 Å². The molecule has 0 bridgehead atoms. The molecule has 1 rings (SSSR count). The molecule has 0 aliphatic heterocycles. The number of rotatable bonds is 3. The van der Waals surface area contributed by atoms with Crippen molar-refractivity contribution in [3.63, 3.8) is 0 Å². The van der Waals surface area contributed by atoms with Crippen molar-refractivity contribution in [3.8, 4) is 0 Å². The number of halogens is 1. The van der Waals surface area contributed by atoms with Gasteiger partial charge in [-0.05, 0) is 32.1 Å². The highest BCUT2D eigenvalue weighted by Crippen LogP contribution is 2.10. The number of benzene rings is 1. The standard InChI is InChI=1S/C13H16ClN3.C2H6/c1-9-4-6-12(7-5-9)17-13(8-10(2)14)16-11(3)15;1-2/h4-8H,3,15H2,1-2H3,(H,16,17);1-2H3/b10-8+;. The van der Waals surface area contributed by atoms with E-state index < -0.39 is 0 Å². The lowest BCUT2D eigenvalue weighted by Crippen LogP contribution is -2.11. The van der Waals surface area contributed by atoms with Crippen molar-refractivity contribution in [2.75, 3.05) is 5.32 Å². The van der Waals surface area contributed by atoms with Crippen LogP contribution >= 0.6 is 11.6 Å². The van der Waals surface area contributed by atoms with E-state index in [1.165, 1.54) is 5.56 Å². The molecule has 104 valence electrons. The molecule has 0 fully saturated rings. The van der Waals surface area contributed by atoms with Crippen molar-refractivity contribution < 1.29 is 0 Å². The zero-order valence-electron chi connectivity index (χ0n) is 12.0. The van der Waals surface area contributed by atoms with E-state index in [0.717, 1.165) is 5.69 Å². The van der Waals surface area contributed by atoms with Gasteiger partial charge < -0.3 is 11.1 Å². The van der Waals surface area contributed by atoms with E-state index in [1.54, 1.807) is 13.0 Å². The second-order valence-corrected chi connectivity index (χ2v) is 4.31. The summed E-state index contributed by atoms with van der Waals surface area (Å²) in [5.74, 6) is 0.794. The predicted octanol–water partition coefficient (Wildman–Crippen LogP) is 4.40. The summed E-state index contributed by atoms with van der Waals surface area (Å²) in [5, 5.41) is 3.73. The van der Waals surface area contributed by atoms with Crippen LogP contribution in [0.5, 0.6) is 0 Å². The molecule has 0 amide bonds. The second kappa shape index (κ2) is 9.22. The summed E-state index contributed by atoms with van der Waals surface area (Å²) >= 11 is 5.82. The Kier molecular flexibility index (Phi) is 8.38. The Morgan fingerprint density at radius 2 is 1.84 bits per heavy atom. The molecule has 0 saturated heterocycles. The van der Waals surface area contributed by atoms with E-state index in [4.69, 9.17) is 17.3 Å². The molecule has 4 heteroatoms. The number of hydrogen-bond donors (Lipinski definition) is 2. The van der Waals surface area contributed by atoms with Crippen molar-refractivity contribution in [3.05, 3.63) is 53.3 Å². The van der Waals surface area contributed by atoms with Gasteiger partial charge in [0.15, 0.2) is 0 Å². The first-order valence-electron chi connectivity index (χ1n) is 6.18. The highest BCUT2D eigenvalue weighted by Gasteiger charge is 1.98. The molecule has 1 aromatic rings. The number of hydrogen-bond acceptors (Lipinski definition) is 2. The predicted molar refractivity (Wildman–Crippen MR) is 86.5 cm³/mol. The summed E-state index contributed by atoms with van der Waals surface area (Å²) in [6.45, 7) is 11.3. The van der Waals surface area contributed by atoms with Gasteiger partial charge in [-0.15, -0.1) is 0 Å². The fraction of sp³-hybridized carbons (Fsp3) is 0.267. The first-order chi connectivity index (χ1) is 8.97. The molecule has 3 N–H and O–H groups in total. The van der Waals surface area contributed by atoms with Crippen LogP contribution in [0.3, 0.4) is 0 Å². The average Bonchev–Trinajstić information content (AvgIpc) is 2.33. The lowest BCUT2D eigenvalue weighted by molar-refractivity contribution is 1.26. The van der Waals surface area contributed by atoms with Gasteiger partial charge in [0.1, 0.15) is 11.7 Å². The SMILES string of the molecule is C=C(N)/N=C(\C=C(/C)Cl)Nc1ccc(C)cc1.CC. The minimum absolute atomic E-state index is 0.230. The lowest BCUT2D eigenvalue weighted by atomic mass is 10.2. The van der Waals surface area contributed by atoms with Gasteiger partial charge in [-0.3, -0.25) is 0 Å². The normalized spacial score (nSPS) is 11.4. The number of aliphatic imine (C=N–C) groups is 1. The van der Waals surface area contributed by atoms with Gasteiger partial charge >= 0.3 is 0 Å². The number of aryl methyl sites for hydroxylation is 1. The number of amidine groups is 1. The molecule has 0 radical (unpaired) electrons. The Morgan fingerprint density at radius 1 is 1.32 bits per heavy atom. The third-order valence-corrected chi connectivity index (χ3v) is 2.03. The average molecular weight is 280 g/mol. The summed E-state index contributed by atoms with van der Waals surface area (Å²) in [5.41, 5.74) is 7.57. The number of anilines is 1. The Labute approximate surface area is 120 Å². The molecule has 3 nitrogen and oxygen atoms in total. The third kappa shape index (κ3) is 8.06. The summed E-state index contributed by atoms with van der Waals surface area (Å²) in [7, 11) is 0. The van der Waals surface area contributed by atoms with Gasteiger partial charge in [0.05, 0.1) is 0 Å². The minimum atomic E-state index is 0.230. The molecule has 0 spiro atoms. The molecule has 19 heavy (non-hydrogen) atoms. The van der Waals surface area contributed by atoms with Gasteiger partial charge in [-0.25, -0.2) is 4.99 Å². The molecule has 0 atom stereocenters. The van der Waals surface area contributed by atoms with Gasteiger partial charge in [0.25, 0.3) is 0 Å². The molecule has 1 aromatic carbocycles. The lowest BCUT2D eigenvalue weighted by Gasteiger charge is -2.07. The van der Waals surface area contributed by atoms with Gasteiger partial charge in [0.2, 0.25) is 0 Å². The van der Waals surface area contributed by atoms with E-state index in [1.807, 2.05) is 45.0 Å². The van der Waals surface area contributed by atoms with Crippen LogP contribution in [0.1, 0.15) is 26.3 Å². The van der Waals surface area contributed by atoms with Crippen LogP contribution in [-0.2, 0) is 0 Å². The minimum Gasteiger partial charge on any atom is -0.384 e. The molecule has 0 unspecified atom stereocenters. The topological polar surface area (TPSA) is 50.4 Å². The molecule has 0 aromatic heterocycles. The van der Waals surface area contributed by atoms with Crippen LogP contribution in [0.4, 0.5) is 5.69 Å². The zero-order chi connectivity index (χ0) is 14.8. The molecule has 0 aliphatic rings. The van der Waals surface area contributed by atoms with Gasteiger partial charge in [-0.2, -0.15) is 0 Å². The molecular formula is C15H22ClN3. The van der Waals surface area contributed by atoms with Crippen LogP contribution < -0.4 is 11.1 Å². The highest BCUT2D eigenvalue weighted by atomic mass is 35.5. The number of nitrogens with zero attached hydrogens (tertiary/aromatic N) is 1. The van der Waals surface area contributed by atoms with E-state index in [9.17, 15) is 0 Å². The molecule has 0 saturated carbocycles. The van der Waals surface area contributed by atoms with Gasteiger partial charge in [0, 0.05) is 10.7 Å². The quantitative estimate of drug-likeness (QED) is 0.636. The smallest absolute Gasteiger partial charge is 0.133 e. The molecular weight excluding hydrogens is 258 g/mol. The Morgan fingerprint density at radius 3 is 2.26 bits per heavy atom. The summed E-state index contributed by atoms with van der Waals surface area (Å²) < 4.78 is 0. The Balaban J connectivity index is 0.00000154. The maximum atomic E-state index is 5.82. The summed E-state index contributed by atoms with van der Waals surface area (Å²) in [6.07, 6.45) is 1.69. The van der Waals surface area contributed by atoms with Crippen LogP contribution in [0.25, 0.3) is 0 Å². The van der Waals surface area contributed by atoms with E-state index in [0.29, 0.717) is 10.9 Å². The van der Waals surface area contributed by atoms with Crippen LogP contribution in [0.2, 0.25) is 0 Å². The van der Waals surface area contributed by atoms with Crippen molar-refractivity contribution >= 4 is 23.1 Å². The number of allylic oxidation sites excluding steroid dienone is 1. The van der Waals surface area contributed by atoms with Crippen molar-refractivity contribution in [2.45, 2.75) is 27.7 Å². The van der Waals surface area contributed by atoms with E-state index in [2.05, 4.69) is 16.9 Å². The number of nitrogens with two attached hydrogens (primary N) is 1. The largest absolute Gasteiger partial charge is 0.384 e. The Hall–Kier alpha value is -1.74. The monoisotopic (exact) mass is 279 g/mol. The van der Waals surface area contributed by atoms with Crippen LogP contribution in [0, 0.1) is 6.92 Å². The Bertz CT molecular complexity index is 455. The molecule has 0 heterocycles. The van der Waals surface area contributed by atoms with Crippen molar-refractivity contribution in [1.29, 1.82) is 0 Å². The van der Waals surface area contributed by atoms with Gasteiger partial charge in [-0.1, -0.05) is 49.7 Å². The summed E-state index contributed by atoms with van der Waals surface area (Å²) in [4.78, 5) is 4.06. The zero-order valence-corrected chi connectivity index (χ0v) is 12.8. The fourth-order valence-electron chi connectivity index (χ4n) is 1.22.